The first-order chi connectivity index (χ1) is 8.13. The Morgan fingerprint density at radius 2 is 1.94 bits per heavy atom. The topological polar surface area (TPSA) is 54.0 Å². The summed E-state index contributed by atoms with van der Waals surface area (Å²) in [7, 11) is 2.83. The fraction of sp³-hybridized carbons (Fsp3) is 0.545. The van der Waals surface area contributed by atoms with Crippen molar-refractivity contribution >= 4 is 21.7 Å². The molecule has 94 valence electrons. The van der Waals surface area contributed by atoms with Crippen molar-refractivity contribution in [2.75, 3.05) is 27.4 Å². The first kappa shape index (κ1) is 12.9. The number of hydrogen-bond acceptors (Lipinski definition) is 5. The molecule has 1 heterocycles. The van der Waals surface area contributed by atoms with Gasteiger partial charge < -0.3 is 18.9 Å². The lowest BCUT2D eigenvalue weighted by molar-refractivity contribution is -0.182. The monoisotopic (exact) mass is 304 g/mol. The zero-order valence-corrected chi connectivity index (χ0v) is 11.2. The number of carbonyl (C=O) groups excluding carboxylic acids is 1. The molecular weight excluding hydrogens is 292 g/mol. The zero-order chi connectivity index (χ0) is 12.5. The molecule has 0 N–H and O–H groups in total. The maximum Gasteiger partial charge on any atom is 0.253 e. The van der Waals surface area contributed by atoms with Crippen molar-refractivity contribution in [2.24, 2.45) is 0 Å². The van der Waals surface area contributed by atoms with Gasteiger partial charge in [-0.2, -0.15) is 0 Å². The van der Waals surface area contributed by atoms with Crippen LogP contribution in [-0.2, 0) is 23.7 Å². The van der Waals surface area contributed by atoms with Crippen LogP contribution in [0.3, 0.4) is 0 Å². The number of carbonyl (C=O) groups is 1. The van der Waals surface area contributed by atoms with Gasteiger partial charge in [-0.05, 0) is 6.08 Å². The van der Waals surface area contributed by atoms with Crippen LogP contribution in [0.1, 0.15) is 0 Å². The standard InChI is InChI=1S/C11H13BrO5/c1-14-11(15-2)6-7(8(12)5-9(11)13)10-16-3-4-17-10/h5-6,10H,3-4H2,1-2H3. The van der Waals surface area contributed by atoms with E-state index in [2.05, 4.69) is 15.9 Å². The maximum absolute atomic E-state index is 11.9. The summed E-state index contributed by atoms with van der Waals surface area (Å²) in [6.07, 6.45) is 2.50. The molecule has 1 aliphatic carbocycles. The third-order valence-electron chi connectivity index (χ3n) is 2.70. The van der Waals surface area contributed by atoms with E-state index in [0.717, 1.165) is 0 Å². The Hall–Kier alpha value is -0.530. The van der Waals surface area contributed by atoms with Crippen LogP contribution in [0.2, 0.25) is 0 Å². The predicted octanol–water partition coefficient (Wildman–Crippen LogP) is 1.14. The minimum absolute atomic E-state index is 0.281. The molecule has 0 amide bonds. The van der Waals surface area contributed by atoms with Crippen molar-refractivity contribution in [1.29, 1.82) is 0 Å². The molecule has 0 spiro atoms. The molecule has 0 bridgehead atoms. The van der Waals surface area contributed by atoms with Crippen LogP contribution in [0, 0.1) is 0 Å². The highest BCUT2D eigenvalue weighted by atomic mass is 79.9. The minimum Gasteiger partial charge on any atom is -0.346 e. The summed E-state index contributed by atoms with van der Waals surface area (Å²) in [5, 5.41) is 0. The van der Waals surface area contributed by atoms with E-state index in [1.807, 2.05) is 0 Å². The lowest BCUT2D eigenvalue weighted by Gasteiger charge is -2.30. The number of rotatable bonds is 3. The summed E-state index contributed by atoms with van der Waals surface area (Å²) in [5.41, 5.74) is 0.700. The van der Waals surface area contributed by atoms with Gasteiger partial charge in [-0.15, -0.1) is 0 Å². The summed E-state index contributed by atoms with van der Waals surface area (Å²) in [4.78, 5) is 11.9. The molecule has 0 radical (unpaired) electrons. The highest BCUT2D eigenvalue weighted by molar-refractivity contribution is 9.12. The summed E-state index contributed by atoms with van der Waals surface area (Å²) in [6, 6.07) is 0. The van der Waals surface area contributed by atoms with Crippen LogP contribution < -0.4 is 0 Å². The molecule has 0 atom stereocenters. The van der Waals surface area contributed by atoms with Gasteiger partial charge in [0.25, 0.3) is 5.79 Å². The van der Waals surface area contributed by atoms with Gasteiger partial charge in [-0.3, -0.25) is 4.79 Å². The van der Waals surface area contributed by atoms with Crippen LogP contribution in [0.5, 0.6) is 0 Å². The summed E-state index contributed by atoms with van der Waals surface area (Å²) >= 11 is 3.32. The Labute approximate surface area is 107 Å². The van der Waals surface area contributed by atoms with Crippen molar-refractivity contribution in [3.8, 4) is 0 Å². The normalized spacial score (nSPS) is 24.8. The lowest BCUT2D eigenvalue weighted by atomic mass is 9.99. The van der Waals surface area contributed by atoms with E-state index in [9.17, 15) is 4.79 Å². The summed E-state index contributed by atoms with van der Waals surface area (Å²) in [6.45, 7) is 1.06. The first-order valence-corrected chi connectivity index (χ1v) is 5.90. The predicted molar refractivity (Wildman–Crippen MR) is 62.5 cm³/mol. The third-order valence-corrected chi connectivity index (χ3v) is 3.39. The molecule has 0 aromatic rings. The Bertz CT molecular complexity index is 377. The van der Waals surface area contributed by atoms with E-state index in [0.29, 0.717) is 23.3 Å². The van der Waals surface area contributed by atoms with E-state index in [1.165, 1.54) is 20.3 Å². The number of hydrogen-bond donors (Lipinski definition) is 0. The molecule has 2 rings (SSSR count). The van der Waals surface area contributed by atoms with Gasteiger partial charge in [-0.25, -0.2) is 0 Å². The maximum atomic E-state index is 11.9. The SMILES string of the molecule is COC1(OC)C=C(C2OCCO2)C(Br)=CC1=O. The number of ketones is 1. The minimum atomic E-state index is -1.39. The molecule has 1 saturated heterocycles. The van der Waals surface area contributed by atoms with E-state index in [4.69, 9.17) is 18.9 Å². The molecule has 1 aliphatic heterocycles. The molecule has 0 aromatic carbocycles. The number of ether oxygens (including phenoxy) is 4. The molecule has 6 heteroatoms. The Kier molecular flexibility index (Phi) is 3.79. The Morgan fingerprint density at radius 3 is 2.47 bits per heavy atom. The number of halogens is 1. The lowest BCUT2D eigenvalue weighted by Crippen LogP contribution is -2.42. The second kappa shape index (κ2) is 4.99. The summed E-state index contributed by atoms with van der Waals surface area (Å²) < 4.78 is 21.7. The van der Waals surface area contributed by atoms with Gasteiger partial charge in [0.1, 0.15) is 0 Å². The average Bonchev–Trinajstić information content (AvgIpc) is 2.84. The van der Waals surface area contributed by atoms with Crippen molar-refractivity contribution in [3.05, 3.63) is 22.2 Å². The second-order valence-corrected chi connectivity index (χ2v) is 4.46. The average molecular weight is 305 g/mol. The molecule has 17 heavy (non-hydrogen) atoms. The first-order valence-electron chi connectivity index (χ1n) is 5.11. The van der Waals surface area contributed by atoms with E-state index in [1.54, 1.807) is 6.08 Å². The molecule has 5 nitrogen and oxygen atoms in total. The van der Waals surface area contributed by atoms with Gasteiger partial charge >= 0.3 is 0 Å². The quantitative estimate of drug-likeness (QED) is 0.732. The van der Waals surface area contributed by atoms with Crippen LogP contribution in [-0.4, -0.2) is 45.3 Å². The van der Waals surface area contributed by atoms with Gasteiger partial charge in [-0.1, -0.05) is 15.9 Å². The molecule has 1 fully saturated rings. The van der Waals surface area contributed by atoms with Crippen molar-refractivity contribution < 1.29 is 23.7 Å². The van der Waals surface area contributed by atoms with Crippen LogP contribution >= 0.6 is 15.9 Å². The van der Waals surface area contributed by atoms with Crippen molar-refractivity contribution in [3.63, 3.8) is 0 Å². The molecule has 2 aliphatic rings. The largest absolute Gasteiger partial charge is 0.346 e. The zero-order valence-electron chi connectivity index (χ0n) is 9.57. The smallest absolute Gasteiger partial charge is 0.253 e. The Balaban J connectivity index is 2.35. The third kappa shape index (κ3) is 2.23. The highest BCUT2D eigenvalue weighted by Crippen LogP contribution is 2.34. The van der Waals surface area contributed by atoms with Crippen LogP contribution in [0.15, 0.2) is 22.2 Å². The van der Waals surface area contributed by atoms with Crippen molar-refractivity contribution in [2.45, 2.75) is 12.1 Å². The van der Waals surface area contributed by atoms with Crippen LogP contribution in [0.25, 0.3) is 0 Å². The van der Waals surface area contributed by atoms with Gasteiger partial charge in [0.15, 0.2) is 6.29 Å². The van der Waals surface area contributed by atoms with Gasteiger partial charge in [0.05, 0.1) is 13.2 Å². The fourth-order valence-electron chi connectivity index (χ4n) is 1.76. The van der Waals surface area contributed by atoms with Crippen molar-refractivity contribution in [1.82, 2.24) is 0 Å². The Morgan fingerprint density at radius 1 is 1.35 bits per heavy atom. The van der Waals surface area contributed by atoms with Gasteiger partial charge in [0.2, 0.25) is 5.78 Å². The highest BCUT2D eigenvalue weighted by Gasteiger charge is 2.41. The van der Waals surface area contributed by atoms with E-state index >= 15 is 0 Å². The van der Waals surface area contributed by atoms with E-state index in [-0.39, 0.29) is 5.78 Å². The molecular formula is C11H13BrO5. The second-order valence-electron chi connectivity index (χ2n) is 3.61. The number of methoxy groups -OCH3 is 2. The fourth-order valence-corrected chi connectivity index (χ4v) is 2.27. The van der Waals surface area contributed by atoms with Crippen LogP contribution in [0.4, 0.5) is 0 Å². The van der Waals surface area contributed by atoms with Gasteiger partial charge in [0, 0.05) is 30.4 Å². The summed E-state index contributed by atoms with van der Waals surface area (Å²) in [5.74, 6) is -1.67. The molecule has 0 unspecified atom stereocenters. The molecule has 0 saturated carbocycles. The van der Waals surface area contributed by atoms with E-state index < -0.39 is 12.1 Å². The molecule has 0 aromatic heterocycles.